The molecule has 0 saturated carbocycles. The van der Waals surface area contributed by atoms with Crippen molar-refractivity contribution >= 4 is 5.97 Å². The minimum atomic E-state index is -0.826. The number of nitrogens with zero attached hydrogens (tertiary/aromatic N) is 4. The van der Waals surface area contributed by atoms with Gasteiger partial charge >= 0.3 is 5.97 Å². The molecule has 4 N–H and O–H groups in total. The maximum atomic E-state index is 11.3. The van der Waals surface area contributed by atoms with Crippen molar-refractivity contribution < 1.29 is 19.2 Å². The van der Waals surface area contributed by atoms with E-state index in [-0.39, 0.29) is 13.2 Å². The Kier molecular flexibility index (Phi) is 6.00. The second-order valence-electron chi connectivity index (χ2n) is 4.48. The van der Waals surface area contributed by atoms with Crippen LogP contribution in [0.5, 0.6) is 0 Å². The lowest BCUT2D eigenvalue weighted by molar-refractivity contribution is -0.145. The van der Waals surface area contributed by atoms with Crippen molar-refractivity contribution in [3.63, 3.8) is 0 Å². The van der Waals surface area contributed by atoms with Crippen LogP contribution in [0.2, 0.25) is 0 Å². The van der Waals surface area contributed by atoms with E-state index in [0.29, 0.717) is 22.8 Å². The van der Waals surface area contributed by atoms with Gasteiger partial charge in [0.1, 0.15) is 24.6 Å². The largest absolute Gasteiger partial charge is 0.449 e. The average Bonchev–Trinajstić information content (AvgIpc) is 2.55. The Labute approximate surface area is 131 Å². The summed E-state index contributed by atoms with van der Waals surface area (Å²) in [6.45, 7) is 1.54. The molecule has 0 aliphatic carbocycles. The topological polar surface area (TPSA) is 148 Å². The van der Waals surface area contributed by atoms with Crippen LogP contribution in [-0.4, -0.2) is 25.9 Å². The molecule has 0 bridgehead atoms. The molecule has 0 radical (unpaired) electrons. The van der Waals surface area contributed by atoms with Crippen LogP contribution in [0.3, 0.4) is 0 Å². The number of rotatable bonds is 7. The van der Waals surface area contributed by atoms with Crippen molar-refractivity contribution in [2.45, 2.75) is 26.2 Å². The Hall–Kier alpha value is -2.53. The number of esters is 1. The summed E-state index contributed by atoms with van der Waals surface area (Å²) in [5.74, 6) is 9.48. The molecule has 10 nitrogen and oxygen atoms in total. The normalized spacial score (nSPS) is 10.8. The number of hydrogen-bond acceptors (Lipinski definition) is 10. The summed E-state index contributed by atoms with van der Waals surface area (Å²) in [5, 5.41) is 0. The van der Waals surface area contributed by atoms with Gasteiger partial charge < -0.3 is 4.74 Å². The third kappa shape index (κ3) is 4.72. The van der Waals surface area contributed by atoms with Gasteiger partial charge in [0, 0.05) is 6.92 Å². The standard InChI is InChI=1S/C13H16N6O4/c1-8(20)23-13(11-4-16-9(2-18-11)6-21-14)12-5-17-10(3-19-12)7-22-15/h2-5,13H,6-7,14-15H2,1H3. The van der Waals surface area contributed by atoms with Crippen molar-refractivity contribution in [1.29, 1.82) is 0 Å². The maximum absolute atomic E-state index is 11.3. The Morgan fingerprint density at radius 1 is 0.957 bits per heavy atom. The Morgan fingerprint density at radius 3 is 1.74 bits per heavy atom. The molecule has 0 unspecified atom stereocenters. The van der Waals surface area contributed by atoms with Crippen LogP contribution in [-0.2, 0) is 32.4 Å². The van der Waals surface area contributed by atoms with Crippen LogP contribution in [0.4, 0.5) is 0 Å². The van der Waals surface area contributed by atoms with Gasteiger partial charge in [-0.1, -0.05) is 0 Å². The molecule has 0 fully saturated rings. The number of ether oxygens (including phenoxy) is 1. The van der Waals surface area contributed by atoms with Crippen LogP contribution < -0.4 is 11.8 Å². The van der Waals surface area contributed by atoms with E-state index in [2.05, 4.69) is 29.6 Å². The smallest absolute Gasteiger partial charge is 0.303 e. The minimum Gasteiger partial charge on any atom is -0.449 e. The highest BCUT2D eigenvalue weighted by molar-refractivity contribution is 5.66. The van der Waals surface area contributed by atoms with Gasteiger partial charge in [0.2, 0.25) is 0 Å². The summed E-state index contributed by atoms with van der Waals surface area (Å²) < 4.78 is 5.27. The maximum Gasteiger partial charge on any atom is 0.303 e. The van der Waals surface area contributed by atoms with Gasteiger partial charge in [0.05, 0.1) is 36.2 Å². The number of nitrogens with two attached hydrogens (primary N) is 2. The molecule has 2 aromatic rings. The predicted octanol–water partition coefficient (Wildman–Crippen LogP) is -0.300. The summed E-state index contributed by atoms with van der Waals surface area (Å²) >= 11 is 0. The van der Waals surface area contributed by atoms with Crippen LogP contribution in [0.25, 0.3) is 0 Å². The highest BCUT2D eigenvalue weighted by Gasteiger charge is 2.21. The molecule has 0 saturated heterocycles. The zero-order chi connectivity index (χ0) is 16.7. The quantitative estimate of drug-likeness (QED) is 0.514. The molecule has 0 amide bonds. The molecule has 2 aromatic heterocycles. The van der Waals surface area contributed by atoms with Crippen molar-refractivity contribution in [1.82, 2.24) is 19.9 Å². The summed E-state index contributed by atoms with van der Waals surface area (Å²) in [6, 6.07) is 0. The molecular weight excluding hydrogens is 304 g/mol. The third-order valence-corrected chi connectivity index (χ3v) is 2.73. The van der Waals surface area contributed by atoms with Crippen LogP contribution in [0, 0.1) is 0 Å². The number of hydrogen-bond donors (Lipinski definition) is 2. The molecule has 122 valence electrons. The summed E-state index contributed by atoms with van der Waals surface area (Å²) in [4.78, 5) is 37.0. The molecule has 2 heterocycles. The van der Waals surface area contributed by atoms with Gasteiger partial charge in [-0.25, -0.2) is 11.8 Å². The van der Waals surface area contributed by atoms with E-state index in [1.807, 2.05) is 0 Å². The number of aromatic nitrogens is 4. The van der Waals surface area contributed by atoms with E-state index in [9.17, 15) is 4.79 Å². The lowest BCUT2D eigenvalue weighted by Crippen LogP contribution is -2.15. The fourth-order valence-electron chi connectivity index (χ4n) is 1.76. The van der Waals surface area contributed by atoms with Crippen molar-refractivity contribution in [2.75, 3.05) is 0 Å². The first-order valence-electron chi connectivity index (χ1n) is 6.56. The van der Waals surface area contributed by atoms with Crippen LogP contribution >= 0.6 is 0 Å². The number of carbonyl (C=O) groups excluding carboxylic acids is 1. The van der Waals surface area contributed by atoms with Crippen molar-refractivity contribution in [3.05, 3.63) is 47.6 Å². The van der Waals surface area contributed by atoms with Crippen LogP contribution in [0.15, 0.2) is 24.8 Å². The second-order valence-corrected chi connectivity index (χ2v) is 4.48. The Balaban J connectivity index is 2.26. The third-order valence-electron chi connectivity index (χ3n) is 2.73. The van der Waals surface area contributed by atoms with E-state index in [4.69, 9.17) is 16.5 Å². The first-order valence-corrected chi connectivity index (χ1v) is 6.56. The van der Waals surface area contributed by atoms with Gasteiger partial charge in [-0.05, 0) is 0 Å². The molecule has 10 heteroatoms. The van der Waals surface area contributed by atoms with E-state index >= 15 is 0 Å². The van der Waals surface area contributed by atoms with Crippen molar-refractivity contribution in [3.8, 4) is 0 Å². The molecule has 0 aliphatic heterocycles. The predicted molar refractivity (Wildman–Crippen MR) is 75.6 cm³/mol. The lowest BCUT2D eigenvalue weighted by Gasteiger charge is -2.15. The highest BCUT2D eigenvalue weighted by Crippen LogP contribution is 2.22. The molecular formula is C13H16N6O4. The molecule has 0 aromatic carbocycles. The van der Waals surface area contributed by atoms with Crippen molar-refractivity contribution in [2.24, 2.45) is 11.8 Å². The summed E-state index contributed by atoms with van der Waals surface area (Å²) in [5.41, 5.74) is 1.88. The molecule has 0 atom stereocenters. The van der Waals surface area contributed by atoms with Gasteiger partial charge in [0.15, 0.2) is 6.10 Å². The Bertz CT molecular complexity index is 584. The molecule has 23 heavy (non-hydrogen) atoms. The number of carbonyl (C=O) groups is 1. The zero-order valence-electron chi connectivity index (χ0n) is 12.4. The molecule has 0 spiro atoms. The van der Waals surface area contributed by atoms with Gasteiger partial charge in [-0.2, -0.15) is 0 Å². The summed E-state index contributed by atoms with van der Waals surface area (Å²) in [6.07, 6.45) is 5.04. The monoisotopic (exact) mass is 320 g/mol. The van der Waals surface area contributed by atoms with Gasteiger partial charge in [0.25, 0.3) is 0 Å². The average molecular weight is 320 g/mol. The second kappa shape index (κ2) is 8.19. The molecule has 2 rings (SSSR count). The highest BCUT2D eigenvalue weighted by atomic mass is 16.6. The first kappa shape index (κ1) is 16.8. The summed E-state index contributed by atoms with van der Waals surface area (Å²) in [7, 11) is 0. The minimum absolute atomic E-state index is 0.124. The van der Waals surface area contributed by atoms with Gasteiger partial charge in [-0.15, -0.1) is 0 Å². The fraction of sp³-hybridized carbons (Fsp3) is 0.308. The van der Waals surface area contributed by atoms with E-state index < -0.39 is 12.1 Å². The van der Waals surface area contributed by atoms with E-state index in [0.717, 1.165) is 0 Å². The van der Waals surface area contributed by atoms with Gasteiger partial charge in [-0.3, -0.25) is 34.4 Å². The van der Waals surface area contributed by atoms with E-state index in [1.54, 1.807) is 0 Å². The first-order chi connectivity index (χ1) is 11.1. The molecule has 0 aliphatic rings. The lowest BCUT2D eigenvalue weighted by atomic mass is 10.2. The van der Waals surface area contributed by atoms with E-state index in [1.165, 1.54) is 31.7 Å². The Morgan fingerprint density at radius 2 is 1.43 bits per heavy atom. The van der Waals surface area contributed by atoms with Crippen LogP contribution in [0.1, 0.15) is 35.8 Å². The zero-order valence-corrected chi connectivity index (χ0v) is 12.4. The fourth-order valence-corrected chi connectivity index (χ4v) is 1.76. The SMILES string of the molecule is CC(=O)OC(c1cnc(CON)cn1)c1cnc(CON)cn1.